The Hall–Kier alpha value is 0.230. The lowest BCUT2D eigenvalue weighted by Gasteiger charge is -1.89. The van der Waals surface area contributed by atoms with E-state index < -0.39 is 0 Å². The van der Waals surface area contributed by atoms with Crippen LogP contribution in [0.4, 0.5) is 0 Å². The molecule has 7 heavy (non-hydrogen) atoms. The summed E-state index contributed by atoms with van der Waals surface area (Å²) < 4.78 is 9.54. The SMILES string of the molecule is NSOCC1CO1. The molecule has 2 N–H and O–H groups in total. The van der Waals surface area contributed by atoms with E-state index in [9.17, 15) is 0 Å². The number of epoxide rings is 1. The van der Waals surface area contributed by atoms with E-state index in [1.165, 1.54) is 0 Å². The third-order valence-electron chi connectivity index (χ3n) is 0.724. The van der Waals surface area contributed by atoms with Gasteiger partial charge in [-0.3, -0.25) is 9.32 Å². The van der Waals surface area contributed by atoms with Gasteiger partial charge in [0.15, 0.2) is 0 Å². The average molecular weight is 121 g/mol. The summed E-state index contributed by atoms with van der Waals surface area (Å²) in [5, 5.41) is 4.94. The molecule has 1 rings (SSSR count). The second kappa shape index (κ2) is 2.52. The van der Waals surface area contributed by atoms with E-state index in [0.29, 0.717) is 12.7 Å². The first-order valence-electron chi connectivity index (χ1n) is 2.03. The van der Waals surface area contributed by atoms with Crippen LogP contribution in [0.5, 0.6) is 0 Å². The molecule has 0 saturated carbocycles. The molecule has 0 aromatic heterocycles. The fraction of sp³-hybridized carbons (Fsp3) is 1.00. The molecular weight excluding hydrogens is 114 g/mol. The third kappa shape index (κ3) is 2.13. The first kappa shape index (κ1) is 5.37. The molecule has 1 fully saturated rings. The van der Waals surface area contributed by atoms with Gasteiger partial charge in [0, 0.05) is 0 Å². The van der Waals surface area contributed by atoms with Gasteiger partial charge in [0.2, 0.25) is 0 Å². The quantitative estimate of drug-likeness (QED) is 0.322. The van der Waals surface area contributed by atoms with Gasteiger partial charge < -0.3 is 4.74 Å². The van der Waals surface area contributed by atoms with Crippen molar-refractivity contribution in [2.24, 2.45) is 5.14 Å². The van der Waals surface area contributed by atoms with Crippen LogP contribution in [-0.2, 0) is 8.92 Å². The Morgan fingerprint density at radius 1 is 2.00 bits per heavy atom. The Morgan fingerprint density at radius 3 is 3.14 bits per heavy atom. The van der Waals surface area contributed by atoms with E-state index in [-0.39, 0.29) is 0 Å². The summed E-state index contributed by atoms with van der Waals surface area (Å²) in [4.78, 5) is 0. The average Bonchev–Trinajstić information content (AvgIpc) is 2.42. The van der Waals surface area contributed by atoms with E-state index in [1.807, 2.05) is 0 Å². The highest BCUT2D eigenvalue weighted by Gasteiger charge is 2.22. The lowest BCUT2D eigenvalue weighted by Crippen LogP contribution is -1.96. The van der Waals surface area contributed by atoms with Crippen molar-refractivity contribution in [3.05, 3.63) is 0 Å². The summed E-state index contributed by atoms with van der Waals surface area (Å²) in [5.41, 5.74) is 0. The lowest BCUT2D eigenvalue weighted by molar-refractivity contribution is 0.296. The minimum absolute atomic E-state index is 0.330. The third-order valence-corrected chi connectivity index (χ3v) is 0.997. The van der Waals surface area contributed by atoms with Crippen LogP contribution in [0.2, 0.25) is 0 Å². The van der Waals surface area contributed by atoms with Gasteiger partial charge in [-0.25, -0.2) is 0 Å². The molecule has 3 nitrogen and oxygen atoms in total. The lowest BCUT2D eigenvalue weighted by atomic mass is 10.5. The number of hydrogen-bond acceptors (Lipinski definition) is 4. The molecule has 0 spiro atoms. The number of nitrogens with two attached hydrogens (primary N) is 1. The normalized spacial score (nSPS) is 27.9. The van der Waals surface area contributed by atoms with Gasteiger partial charge in [-0.05, 0) is 0 Å². The van der Waals surface area contributed by atoms with Crippen molar-refractivity contribution in [3.8, 4) is 0 Å². The van der Waals surface area contributed by atoms with Gasteiger partial charge >= 0.3 is 0 Å². The number of hydrogen-bond donors (Lipinski definition) is 1. The Labute approximate surface area is 46.5 Å². The van der Waals surface area contributed by atoms with Crippen LogP contribution in [0.15, 0.2) is 0 Å². The summed E-state index contributed by atoms with van der Waals surface area (Å²) >= 11 is 0.890. The molecule has 4 heteroatoms. The highest BCUT2D eigenvalue weighted by atomic mass is 32.2. The largest absolute Gasteiger partial charge is 0.371 e. The number of rotatable bonds is 3. The summed E-state index contributed by atoms with van der Waals surface area (Å²) in [7, 11) is 0. The first-order chi connectivity index (χ1) is 3.43. The minimum atomic E-state index is 0.330. The number of ether oxygens (including phenoxy) is 1. The van der Waals surface area contributed by atoms with Crippen molar-refractivity contribution in [3.63, 3.8) is 0 Å². The molecule has 0 aromatic carbocycles. The van der Waals surface area contributed by atoms with Gasteiger partial charge in [-0.2, -0.15) is 0 Å². The smallest absolute Gasteiger partial charge is 0.106 e. The predicted octanol–water partition coefficient (Wildman–Crippen LogP) is -0.0763. The molecule has 1 heterocycles. The molecule has 1 atom stereocenters. The highest BCUT2D eigenvalue weighted by molar-refractivity contribution is 7.92. The van der Waals surface area contributed by atoms with E-state index in [2.05, 4.69) is 0 Å². The van der Waals surface area contributed by atoms with Crippen LogP contribution < -0.4 is 5.14 Å². The zero-order chi connectivity index (χ0) is 5.11. The van der Waals surface area contributed by atoms with Crippen LogP contribution >= 0.6 is 12.2 Å². The molecule has 1 aliphatic heterocycles. The van der Waals surface area contributed by atoms with Crippen LogP contribution in [0.1, 0.15) is 0 Å². The molecular formula is C3H7NO2S. The summed E-state index contributed by atoms with van der Waals surface area (Å²) in [6.45, 7) is 1.46. The van der Waals surface area contributed by atoms with Gasteiger partial charge in [0.1, 0.15) is 6.10 Å². The molecule has 0 bridgehead atoms. The first-order valence-corrected chi connectivity index (χ1v) is 2.84. The molecule has 1 unspecified atom stereocenters. The van der Waals surface area contributed by atoms with E-state index >= 15 is 0 Å². The Morgan fingerprint density at radius 2 is 2.71 bits per heavy atom. The maximum absolute atomic E-state index is 4.94. The standard InChI is InChI=1S/C3H7NO2S/c4-7-6-2-3-1-5-3/h3H,1-2,4H2. The van der Waals surface area contributed by atoms with Gasteiger partial charge in [-0.15, -0.1) is 0 Å². The zero-order valence-electron chi connectivity index (χ0n) is 3.79. The molecule has 1 aliphatic rings. The topological polar surface area (TPSA) is 47.8 Å². The van der Waals surface area contributed by atoms with Crippen LogP contribution in [0.25, 0.3) is 0 Å². The molecule has 0 aromatic rings. The van der Waals surface area contributed by atoms with Crippen LogP contribution in [0.3, 0.4) is 0 Å². The van der Waals surface area contributed by atoms with Gasteiger partial charge in [-0.1, -0.05) is 0 Å². The van der Waals surface area contributed by atoms with Gasteiger partial charge in [0.05, 0.1) is 25.4 Å². The fourth-order valence-corrected chi connectivity index (χ4v) is 0.510. The molecule has 0 amide bonds. The van der Waals surface area contributed by atoms with Crippen molar-refractivity contribution < 1.29 is 8.92 Å². The summed E-state index contributed by atoms with van der Waals surface area (Å²) in [6.07, 6.45) is 0.330. The molecule has 0 radical (unpaired) electrons. The maximum Gasteiger partial charge on any atom is 0.106 e. The predicted molar refractivity (Wildman–Crippen MR) is 27.5 cm³/mol. The van der Waals surface area contributed by atoms with E-state index in [0.717, 1.165) is 18.8 Å². The molecule has 0 aliphatic carbocycles. The maximum atomic E-state index is 4.94. The Bertz CT molecular complexity index is 56.9. The van der Waals surface area contributed by atoms with Crippen molar-refractivity contribution in [2.45, 2.75) is 6.10 Å². The van der Waals surface area contributed by atoms with Crippen LogP contribution in [0, 0.1) is 0 Å². The Kier molecular flexibility index (Phi) is 1.93. The summed E-state index contributed by atoms with van der Waals surface area (Å²) in [5.74, 6) is 0. The van der Waals surface area contributed by atoms with Crippen molar-refractivity contribution >= 4 is 12.2 Å². The van der Waals surface area contributed by atoms with Gasteiger partial charge in [0.25, 0.3) is 0 Å². The zero-order valence-corrected chi connectivity index (χ0v) is 4.61. The molecule has 42 valence electrons. The second-order valence-corrected chi connectivity index (χ2v) is 1.76. The van der Waals surface area contributed by atoms with E-state index in [4.69, 9.17) is 14.1 Å². The van der Waals surface area contributed by atoms with Crippen molar-refractivity contribution in [2.75, 3.05) is 13.2 Å². The summed E-state index contributed by atoms with van der Waals surface area (Å²) in [6, 6.07) is 0. The fourth-order valence-electron chi connectivity index (χ4n) is 0.279. The monoisotopic (exact) mass is 121 g/mol. The van der Waals surface area contributed by atoms with Crippen LogP contribution in [-0.4, -0.2) is 19.3 Å². The molecule has 1 saturated heterocycles. The minimum Gasteiger partial charge on any atom is -0.371 e. The van der Waals surface area contributed by atoms with Crippen molar-refractivity contribution in [1.82, 2.24) is 0 Å². The van der Waals surface area contributed by atoms with E-state index in [1.54, 1.807) is 0 Å². The highest BCUT2D eigenvalue weighted by Crippen LogP contribution is 2.09. The Balaban J connectivity index is 1.80. The second-order valence-electron chi connectivity index (χ2n) is 1.34. The van der Waals surface area contributed by atoms with Crippen molar-refractivity contribution in [1.29, 1.82) is 0 Å².